The van der Waals surface area contributed by atoms with Crippen LogP contribution in [0, 0.1) is 6.92 Å². The summed E-state index contributed by atoms with van der Waals surface area (Å²) in [6.45, 7) is 1.71. The van der Waals surface area contributed by atoms with Gasteiger partial charge in [0, 0.05) is 12.4 Å². The van der Waals surface area contributed by atoms with Crippen molar-refractivity contribution in [2.24, 2.45) is 0 Å². The Morgan fingerprint density at radius 3 is 2.75 bits per heavy atom. The van der Waals surface area contributed by atoms with Gasteiger partial charge in [-0.15, -0.1) is 3.89 Å². The lowest BCUT2D eigenvalue weighted by molar-refractivity contribution is 0.551. The van der Waals surface area contributed by atoms with E-state index >= 15 is 0 Å². The smallest absolute Gasteiger partial charge is 0.264 e. The molecule has 5 heteroatoms. The van der Waals surface area contributed by atoms with Gasteiger partial charge in [-0.3, -0.25) is 4.98 Å². The predicted molar refractivity (Wildman–Crippen MR) is 42.7 cm³/mol. The molecule has 0 fully saturated rings. The molecule has 12 heavy (non-hydrogen) atoms. The van der Waals surface area contributed by atoms with Gasteiger partial charge in [0.1, 0.15) is 5.75 Å². The highest BCUT2D eigenvalue weighted by atomic mass is 32.3. The second kappa shape index (κ2) is 3.18. The quantitative estimate of drug-likeness (QED) is 0.656. The van der Waals surface area contributed by atoms with Gasteiger partial charge in [-0.1, -0.05) is 0 Å². The third-order valence-electron chi connectivity index (χ3n) is 1.48. The predicted octanol–water partition coefficient (Wildman–Crippen LogP) is 1.19. The molecule has 0 saturated heterocycles. The number of hydrogen-bond donors (Lipinski definition) is 0. The average Bonchev–Trinajstić information content (AvgIpc) is 1.91. The molecule has 66 valence electrons. The van der Waals surface area contributed by atoms with Gasteiger partial charge >= 0.3 is 10.2 Å². The molecule has 0 aliphatic carbocycles. The second-order valence-electron chi connectivity index (χ2n) is 2.49. The van der Waals surface area contributed by atoms with E-state index in [0.717, 1.165) is 5.56 Å². The van der Waals surface area contributed by atoms with Gasteiger partial charge in [-0.25, -0.2) is 0 Å². The van der Waals surface area contributed by atoms with E-state index in [1.165, 1.54) is 12.4 Å². The van der Waals surface area contributed by atoms with Gasteiger partial charge in [0.15, 0.2) is 0 Å². The third kappa shape index (κ3) is 2.58. The topological polar surface area (TPSA) is 47.0 Å². The number of nitrogens with zero attached hydrogens (tertiary/aromatic N) is 1. The highest BCUT2D eigenvalue weighted by Crippen LogP contribution is 2.10. The van der Waals surface area contributed by atoms with Gasteiger partial charge in [0.05, 0.1) is 0 Å². The molecule has 0 amide bonds. The number of rotatable bonds is 2. The molecule has 3 nitrogen and oxygen atoms in total. The van der Waals surface area contributed by atoms with Crippen LogP contribution in [-0.2, 0) is 16.0 Å². The zero-order valence-corrected chi connectivity index (χ0v) is 7.31. The summed E-state index contributed by atoms with van der Waals surface area (Å²) in [5.74, 6) is -0.591. The Morgan fingerprint density at radius 2 is 2.25 bits per heavy atom. The Bertz CT molecular complexity index is 375. The molecular formula is C7H8FNO2S. The van der Waals surface area contributed by atoms with Crippen molar-refractivity contribution in [2.75, 3.05) is 0 Å². The molecule has 0 spiro atoms. The first-order valence-corrected chi connectivity index (χ1v) is 4.86. The van der Waals surface area contributed by atoms with Crippen LogP contribution in [0.5, 0.6) is 0 Å². The maximum atomic E-state index is 12.2. The van der Waals surface area contributed by atoms with E-state index in [-0.39, 0.29) is 0 Å². The molecule has 0 aliphatic heterocycles. The largest absolute Gasteiger partial charge is 0.306 e. The van der Waals surface area contributed by atoms with Crippen LogP contribution < -0.4 is 0 Å². The van der Waals surface area contributed by atoms with Crippen molar-refractivity contribution >= 4 is 10.2 Å². The SMILES string of the molecule is Cc1ccncc1CS(=O)(=O)F. The summed E-state index contributed by atoms with van der Waals surface area (Å²) in [6, 6.07) is 1.64. The summed E-state index contributed by atoms with van der Waals surface area (Å²) in [5, 5.41) is 0. The molecular weight excluding hydrogens is 181 g/mol. The Hall–Kier alpha value is -0.970. The van der Waals surface area contributed by atoms with E-state index < -0.39 is 16.0 Å². The fraction of sp³-hybridized carbons (Fsp3) is 0.286. The number of pyridine rings is 1. The minimum Gasteiger partial charge on any atom is -0.264 e. The Labute approximate surface area is 70.5 Å². The fourth-order valence-corrected chi connectivity index (χ4v) is 1.51. The highest BCUT2D eigenvalue weighted by Gasteiger charge is 2.10. The van der Waals surface area contributed by atoms with E-state index in [1.807, 2.05) is 0 Å². The number of aryl methyl sites for hydroxylation is 1. The average molecular weight is 189 g/mol. The first kappa shape index (κ1) is 9.12. The van der Waals surface area contributed by atoms with E-state index in [0.29, 0.717) is 5.56 Å². The maximum absolute atomic E-state index is 12.2. The van der Waals surface area contributed by atoms with Crippen LogP contribution in [0.1, 0.15) is 11.1 Å². The van der Waals surface area contributed by atoms with E-state index in [9.17, 15) is 12.3 Å². The molecule has 0 bridgehead atoms. The zero-order valence-electron chi connectivity index (χ0n) is 6.49. The van der Waals surface area contributed by atoms with E-state index in [2.05, 4.69) is 4.98 Å². The van der Waals surface area contributed by atoms with E-state index in [4.69, 9.17) is 0 Å². The van der Waals surface area contributed by atoms with Crippen molar-refractivity contribution < 1.29 is 12.3 Å². The molecule has 0 radical (unpaired) electrons. The standard InChI is InChI=1S/C7H8FNO2S/c1-6-2-3-9-4-7(6)5-12(8,10)11/h2-4H,5H2,1H3. The van der Waals surface area contributed by atoms with Crippen LogP contribution in [-0.4, -0.2) is 13.4 Å². The zero-order chi connectivity index (χ0) is 9.19. The Kier molecular flexibility index (Phi) is 2.42. The van der Waals surface area contributed by atoms with Crippen LogP contribution in [0.25, 0.3) is 0 Å². The lowest BCUT2D eigenvalue weighted by atomic mass is 10.2. The maximum Gasteiger partial charge on any atom is 0.306 e. The summed E-state index contributed by atoms with van der Waals surface area (Å²) in [4.78, 5) is 3.70. The van der Waals surface area contributed by atoms with Crippen LogP contribution >= 0.6 is 0 Å². The molecule has 1 aromatic rings. The monoisotopic (exact) mass is 189 g/mol. The van der Waals surface area contributed by atoms with Crippen LogP contribution in [0.15, 0.2) is 18.5 Å². The van der Waals surface area contributed by atoms with Crippen molar-refractivity contribution in [2.45, 2.75) is 12.7 Å². The molecule has 0 aromatic carbocycles. The van der Waals surface area contributed by atoms with Crippen molar-refractivity contribution in [3.05, 3.63) is 29.6 Å². The summed E-state index contributed by atoms with van der Waals surface area (Å²) in [6.07, 6.45) is 2.89. The highest BCUT2D eigenvalue weighted by molar-refractivity contribution is 7.85. The molecule has 0 aliphatic rings. The first-order valence-electron chi connectivity index (χ1n) is 3.31. The molecule has 1 rings (SSSR count). The van der Waals surface area contributed by atoms with Crippen LogP contribution in [0.3, 0.4) is 0 Å². The number of halogens is 1. The Morgan fingerprint density at radius 1 is 1.58 bits per heavy atom. The molecule has 1 heterocycles. The molecule has 0 saturated carbocycles. The van der Waals surface area contributed by atoms with Gasteiger partial charge < -0.3 is 0 Å². The minimum absolute atomic E-state index is 0.403. The minimum atomic E-state index is -4.44. The van der Waals surface area contributed by atoms with Gasteiger partial charge in [0.25, 0.3) is 0 Å². The van der Waals surface area contributed by atoms with Gasteiger partial charge in [0.2, 0.25) is 0 Å². The van der Waals surface area contributed by atoms with Crippen LogP contribution in [0.4, 0.5) is 3.89 Å². The summed E-state index contributed by atoms with van der Waals surface area (Å²) in [7, 11) is -4.44. The van der Waals surface area contributed by atoms with Crippen molar-refractivity contribution in [1.29, 1.82) is 0 Å². The third-order valence-corrected chi connectivity index (χ3v) is 2.13. The van der Waals surface area contributed by atoms with E-state index in [1.54, 1.807) is 13.0 Å². The number of aromatic nitrogens is 1. The summed E-state index contributed by atoms with van der Waals surface area (Å²) < 4.78 is 32.7. The molecule has 1 aromatic heterocycles. The molecule has 0 atom stereocenters. The molecule has 0 unspecified atom stereocenters. The van der Waals surface area contributed by atoms with Crippen molar-refractivity contribution in [3.8, 4) is 0 Å². The summed E-state index contributed by atoms with van der Waals surface area (Å²) in [5.41, 5.74) is 1.13. The first-order chi connectivity index (χ1) is 5.49. The second-order valence-corrected chi connectivity index (χ2v) is 3.85. The normalized spacial score (nSPS) is 11.5. The van der Waals surface area contributed by atoms with Gasteiger partial charge in [-0.2, -0.15) is 8.42 Å². The van der Waals surface area contributed by atoms with Crippen LogP contribution in [0.2, 0.25) is 0 Å². The lowest BCUT2D eigenvalue weighted by Gasteiger charge is -1.99. The lowest BCUT2D eigenvalue weighted by Crippen LogP contribution is -1.98. The van der Waals surface area contributed by atoms with Crippen molar-refractivity contribution in [3.63, 3.8) is 0 Å². The van der Waals surface area contributed by atoms with Gasteiger partial charge in [-0.05, 0) is 24.1 Å². The van der Waals surface area contributed by atoms with Crippen molar-refractivity contribution in [1.82, 2.24) is 4.98 Å². The fourth-order valence-electron chi connectivity index (χ4n) is 0.834. The summed E-state index contributed by atoms with van der Waals surface area (Å²) >= 11 is 0. The Balaban J connectivity index is 2.98. The molecule has 0 N–H and O–H groups in total. The number of hydrogen-bond acceptors (Lipinski definition) is 3.